The smallest absolute Gasteiger partial charge is 0.270 e. The molecule has 0 amide bonds. The van der Waals surface area contributed by atoms with Gasteiger partial charge < -0.3 is 14.7 Å². The predicted molar refractivity (Wildman–Crippen MR) is 130 cm³/mol. The lowest BCUT2D eigenvalue weighted by Gasteiger charge is -2.47. The SMILES string of the molecule is CC1(C)c2ccccc2N(Cc2ccc([N+](=O)[O-])cc2)C12C=Cc1cc([N+](=O)[O-])cc(CO)c1O2. The van der Waals surface area contributed by atoms with Gasteiger partial charge in [0.05, 0.1) is 21.9 Å². The highest BCUT2D eigenvalue weighted by Gasteiger charge is 2.59. The number of benzene rings is 3. The van der Waals surface area contributed by atoms with Crippen molar-refractivity contribution >= 4 is 23.1 Å². The van der Waals surface area contributed by atoms with E-state index in [2.05, 4.69) is 18.7 Å². The zero-order valence-electron chi connectivity index (χ0n) is 19.2. The van der Waals surface area contributed by atoms with E-state index in [1.807, 2.05) is 36.4 Å². The van der Waals surface area contributed by atoms with Crippen molar-refractivity contribution in [3.05, 3.63) is 109 Å². The van der Waals surface area contributed by atoms with Crippen LogP contribution in [0.15, 0.2) is 66.7 Å². The van der Waals surface area contributed by atoms with E-state index in [0.29, 0.717) is 23.4 Å². The highest BCUT2D eigenvalue weighted by Crippen LogP contribution is 2.56. The largest absolute Gasteiger partial charge is 0.462 e. The van der Waals surface area contributed by atoms with Crippen LogP contribution in [-0.4, -0.2) is 20.7 Å². The van der Waals surface area contributed by atoms with Crippen molar-refractivity contribution < 1.29 is 19.7 Å². The summed E-state index contributed by atoms with van der Waals surface area (Å²) in [6.07, 6.45) is 3.72. The number of anilines is 1. The summed E-state index contributed by atoms with van der Waals surface area (Å²) in [7, 11) is 0. The number of rotatable bonds is 5. The first-order chi connectivity index (χ1) is 16.7. The summed E-state index contributed by atoms with van der Waals surface area (Å²) in [6.45, 7) is 4.13. The monoisotopic (exact) mass is 473 g/mol. The average Bonchev–Trinajstić information content (AvgIpc) is 3.02. The molecule has 0 fully saturated rings. The fourth-order valence-electron chi connectivity index (χ4n) is 5.10. The number of hydrogen-bond acceptors (Lipinski definition) is 7. The summed E-state index contributed by atoms with van der Waals surface area (Å²) in [5.41, 5.74) is 2.07. The van der Waals surface area contributed by atoms with E-state index in [9.17, 15) is 25.3 Å². The molecular formula is C26H23N3O6. The van der Waals surface area contributed by atoms with Gasteiger partial charge in [-0.05, 0) is 43.2 Å². The molecule has 5 rings (SSSR count). The molecule has 0 aliphatic carbocycles. The minimum atomic E-state index is -1.01. The molecule has 178 valence electrons. The lowest BCUT2D eigenvalue weighted by molar-refractivity contribution is -0.385. The van der Waals surface area contributed by atoms with Gasteiger partial charge in [0.2, 0.25) is 5.72 Å². The van der Waals surface area contributed by atoms with Crippen LogP contribution in [0.2, 0.25) is 0 Å². The Morgan fingerprint density at radius 2 is 1.66 bits per heavy atom. The highest BCUT2D eigenvalue weighted by atomic mass is 16.6. The number of ether oxygens (including phenoxy) is 1. The van der Waals surface area contributed by atoms with Gasteiger partial charge in [0.25, 0.3) is 11.4 Å². The van der Waals surface area contributed by atoms with Crippen molar-refractivity contribution in [2.45, 2.75) is 38.1 Å². The van der Waals surface area contributed by atoms with Crippen molar-refractivity contribution in [3.8, 4) is 5.75 Å². The zero-order valence-corrected chi connectivity index (χ0v) is 19.2. The molecule has 3 aromatic rings. The Labute approximate surface area is 201 Å². The van der Waals surface area contributed by atoms with Gasteiger partial charge in [-0.2, -0.15) is 0 Å². The zero-order chi connectivity index (χ0) is 25.0. The second kappa shape index (κ2) is 7.92. The highest BCUT2D eigenvalue weighted by molar-refractivity contribution is 5.74. The molecule has 0 radical (unpaired) electrons. The second-order valence-corrected chi connectivity index (χ2v) is 9.22. The molecule has 0 saturated carbocycles. The van der Waals surface area contributed by atoms with E-state index in [1.165, 1.54) is 24.3 Å². The molecule has 9 nitrogen and oxygen atoms in total. The molecule has 1 spiro atoms. The molecule has 1 unspecified atom stereocenters. The van der Waals surface area contributed by atoms with E-state index >= 15 is 0 Å². The lowest BCUT2D eigenvalue weighted by atomic mass is 9.76. The van der Waals surface area contributed by atoms with Gasteiger partial charge in [-0.3, -0.25) is 20.2 Å². The van der Waals surface area contributed by atoms with Crippen molar-refractivity contribution in [3.63, 3.8) is 0 Å². The molecule has 35 heavy (non-hydrogen) atoms. The molecule has 0 saturated heterocycles. The number of nitrogens with zero attached hydrogens (tertiary/aromatic N) is 3. The maximum Gasteiger partial charge on any atom is 0.270 e. The summed E-state index contributed by atoms with van der Waals surface area (Å²) in [5, 5.41) is 32.5. The Kier molecular flexibility index (Phi) is 5.10. The standard InChI is InChI=1S/C26H23N3O6/c1-25(2)22-5-3-4-6-23(22)27(15-17-7-9-20(10-8-17)28(31)32)26(25)12-11-18-13-21(29(33)34)14-19(16-30)24(18)35-26/h3-14,30H,15-16H2,1-2H3. The molecule has 2 heterocycles. The Bertz CT molecular complexity index is 1380. The Hall–Kier alpha value is -4.24. The fourth-order valence-corrected chi connectivity index (χ4v) is 5.10. The van der Waals surface area contributed by atoms with Gasteiger partial charge in [0.15, 0.2) is 0 Å². The van der Waals surface area contributed by atoms with Gasteiger partial charge in [0, 0.05) is 47.6 Å². The number of aliphatic hydroxyl groups excluding tert-OH is 1. The average molecular weight is 473 g/mol. The topological polar surface area (TPSA) is 119 Å². The second-order valence-electron chi connectivity index (χ2n) is 9.22. The first-order valence-corrected chi connectivity index (χ1v) is 11.1. The van der Waals surface area contributed by atoms with Crippen LogP contribution >= 0.6 is 0 Å². The van der Waals surface area contributed by atoms with E-state index in [1.54, 1.807) is 12.1 Å². The molecule has 2 aliphatic heterocycles. The third kappa shape index (κ3) is 3.35. The molecule has 2 aliphatic rings. The number of para-hydroxylation sites is 1. The van der Waals surface area contributed by atoms with Crippen molar-refractivity contribution in [1.82, 2.24) is 0 Å². The van der Waals surface area contributed by atoms with Crippen LogP contribution < -0.4 is 9.64 Å². The van der Waals surface area contributed by atoms with E-state index < -0.39 is 27.6 Å². The molecule has 3 aromatic carbocycles. The normalized spacial score (nSPS) is 19.2. The molecule has 1 atom stereocenters. The van der Waals surface area contributed by atoms with Crippen LogP contribution in [-0.2, 0) is 18.6 Å². The molecule has 0 bridgehead atoms. The van der Waals surface area contributed by atoms with Crippen LogP contribution in [0.4, 0.5) is 17.1 Å². The van der Waals surface area contributed by atoms with E-state index in [-0.39, 0.29) is 11.4 Å². The number of non-ortho nitro benzene ring substituents is 2. The van der Waals surface area contributed by atoms with Gasteiger partial charge in [-0.25, -0.2) is 0 Å². The number of fused-ring (bicyclic) bond motifs is 2. The number of aliphatic hydroxyl groups is 1. The van der Waals surface area contributed by atoms with Gasteiger partial charge in [0.1, 0.15) is 5.75 Å². The minimum absolute atomic E-state index is 0.0162. The van der Waals surface area contributed by atoms with Crippen molar-refractivity contribution in [2.75, 3.05) is 4.90 Å². The van der Waals surface area contributed by atoms with Gasteiger partial charge in [-0.1, -0.05) is 30.3 Å². The van der Waals surface area contributed by atoms with Crippen molar-refractivity contribution in [2.24, 2.45) is 0 Å². The number of nitro benzene ring substituents is 2. The minimum Gasteiger partial charge on any atom is -0.462 e. The Morgan fingerprint density at radius 3 is 2.31 bits per heavy atom. The molecular weight excluding hydrogens is 450 g/mol. The number of nitro groups is 2. The first-order valence-electron chi connectivity index (χ1n) is 11.1. The first kappa shape index (κ1) is 22.5. The van der Waals surface area contributed by atoms with Gasteiger partial charge >= 0.3 is 0 Å². The summed E-state index contributed by atoms with van der Waals surface area (Å²) < 4.78 is 6.73. The Balaban J connectivity index is 1.65. The lowest BCUT2D eigenvalue weighted by Crippen LogP contribution is -2.59. The summed E-state index contributed by atoms with van der Waals surface area (Å²) in [6, 6.07) is 17.1. The van der Waals surface area contributed by atoms with Crippen molar-refractivity contribution in [1.29, 1.82) is 0 Å². The van der Waals surface area contributed by atoms with E-state index in [0.717, 1.165) is 16.8 Å². The molecule has 0 aromatic heterocycles. The summed E-state index contributed by atoms with van der Waals surface area (Å²) in [4.78, 5) is 23.7. The number of hydrogen-bond donors (Lipinski definition) is 1. The maximum absolute atomic E-state index is 11.4. The van der Waals surface area contributed by atoms with Crippen LogP contribution in [0, 0.1) is 20.2 Å². The maximum atomic E-state index is 11.4. The molecule has 1 N–H and O–H groups in total. The predicted octanol–water partition coefficient (Wildman–Crippen LogP) is 5.10. The fraction of sp³-hybridized carbons (Fsp3) is 0.231. The third-order valence-electron chi connectivity index (χ3n) is 6.96. The van der Waals surface area contributed by atoms with Gasteiger partial charge in [-0.15, -0.1) is 0 Å². The summed E-state index contributed by atoms with van der Waals surface area (Å²) >= 11 is 0. The third-order valence-corrected chi connectivity index (χ3v) is 6.96. The molecule has 9 heteroatoms. The van der Waals surface area contributed by atoms with E-state index in [4.69, 9.17) is 4.74 Å². The van der Waals surface area contributed by atoms with Crippen LogP contribution in [0.3, 0.4) is 0 Å². The summed E-state index contributed by atoms with van der Waals surface area (Å²) in [5.74, 6) is 0.398. The Morgan fingerprint density at radius 1 is 0.971 bits per heavy atom. The quantitative estimate of drug-likeness (QED) is 0.405. The van der Waals surface area contributed by atoms with Crippen LogP contribution in [0.5, 0.6) is 5.75 Å². The van der Waals surface area contributed by atoms with Crippen LogP contribution in [0.1, 0.15) is 36.1 Å². The van der Waals surface area contributed by atoms with Crippen LogP contribution in [0.25, 0.3) is 6.08 Å².